The summed E-state index contributed by atoms with van der Waals surface area (Å²) in [5.74, 6) is 0.115. The van der Waals surface area contributed by atoms with Crippen molar-refractivity contribution in [3.05, 3.63) is 73.3 Å². The van der Waals surface area contributed by atoms with E-state index in [1.54, 1.807) is 24.3 Å². The van der Waals surface area contributed by atoms with Crippen LogP contribution in [0, 0.1) is 24.7 Å². The average molecular weight is 328 g/mol. The fourth-order valence-electron chi connectivity index (χ4n) is 2.23. The van der Waals surface area contributed by atoms with Crippen LogP contribution in [0.25, 0.3) is 22.3 Å². The van der Waals surface area contributed by atoms with Gasteiger partial charge in [-0.3, -0.25) is 20.2 Å². The number of nitro benzene ring substituents is 2. The van der Waals surface area contributed by atoms with Gasteiger partial charge in [0.1, 0.15) is 16.9 Å². The number of non-ortho nitro benzene ring substituents is 1. The van der Waals surface area contributed by atoms with Gasteiger partial charge in [0, 0.05) is 29.7 Å². The van der Waals surface area contributed by atoms with E-state index in [0.717, 1.165) is 18.2 Å². The molecule has 1 heterocycles. The van der Waals surface area contributed by atoms with E-state index in [9.17, 15) is 20.2 Å². The van der Waals surface area contributed by atoms with Crippen LogP contribution in [0.1, 0.15) is 0 Å². The number of rotatable bonds is 3. The average Bonchev–Trinajstić information content (AvgIpc) is 2.54. The lowest BCUT2D eigenvalue weighted by atomic mass is 10.1. The molecule has 114 valence electrons. The number of fused-ring (bicyclic) bond motifs is 1. The Balaban J connectivity index is 2.32. The first-order chi connectivity index (χ1) is 11.0. The van der Waals surface area contributed by atoms with Gasteiger partial charge in [0.05, 0.1) is 14.4 Å². The first-order valence-electron chi connectivity index (χ1n) is 6.43. The van der Waals surface area contributed by atoms with E-state index in [2.05, 4.69) is 0 Å². The minimum Gasteiger partial charge on any atom is -0.456 e. The van der Waals surface area contributed by atoms with Crippen LogP contribution < -0.4 is 0 Å². The molecule has 0 bridgehead atoms. The lowest BCUT2D eigenvalue weighted by Gasteiger charge is -2.05. The van der Waals surface area contributed by atoms with Crippen LogP contribution in [0.4, 0.5) is 11.4 Å². The molecule has 0 atom stereocenters. The van der Waals surface area contributed by atoms with E-state index in [-0.39, 0.29) is 22.7 Å². The van der Waals surface area contributed by atoms with E-state index in [1.807, 2.05) is 0 Å². The molecule has 0 saturated carbocycles. The Morgan fingerprint density at radius 1 is 0.957 bits per heavy atom. The van der Waals surface area contributed by atoms with Crippen molar-refractivity contribution in [3.8, 4) is 11.3 Å². The molecule has 0 aliphatic heterocycles. The van der Waals surface area contributed by atoms with E-state index < -0.39 is 9.85 Å². The third kappa shape index (κ3) is 2.67. The van der Waals surface area contributed by atoms with Gasteiger partial charge in [0.25, 0.3) is 11.4 Å². The molecular weight excluding hydrogens is 320 g/mol. The Hall–Kier alpha value is -3.13. The highest BCUT2D eigenvalue weighted by atomic mass is 32.1. The highest BCUT2D eigenvalue weighted by Gasteiger charge is 2.22. The molecule has 2 aromatic carbocycles. The Morgan fingerprint density at radius 2 is 1.70 bits per heavy atom. The quantitative estimate of drug-likeness (QED) is 0.394. The first-order valence-corrected chi connectivity index (χ1v) is 6.84. The summed E-state index contributed by atoms with van der Waals surface area (Å²) < 4.78 is 6.11. The Morgan fingerprint density at radius 3 is 2.39 bits per heavy atom. The van der Waals surface area contributed by atoms with Crippen LogP contribution in [0.15, 0.2) is 52.9 Å². The fourth-order valence-corrected chi connectivity index (χ4v) is 2.51. The van der Waals surface area contributed by atoms with Crippen molar-refractivity contribution in [2.24, 2.45) is 0 Å². The molecule has 23 heavy (non-hydrogen) atoms. The second-order valence-electron chi connectivity index (χ2n) is 4.69. The van der Waals surface area contributed by atoms with Crippen LogP contribution in [-0.4, -0.2) is 9.85 Å². The van der Waals surface area contributed by atoms with Crippen molar-refractivity contribution in [2.45, 2.75) is 0 Å². The summed E-state index contributed by atoms with van der Waals surface area (Å²) in [6, 6.07) is 11.7. The molecule has 0 amide bonds. The van der Waals surface area contributed by atoms with Gasteiger partial charge in [-0.15, -0.1) is 0 Å². The summed E-state index contributed by atoms with van der Waals surface area (Å²) in [6.07, 6.45) is 0. The van der Waals surface area contributed by atoms with Crippen LogP contribution >= 0.6 is 12.2 Å². The zero-order valence-electron chi connectivity index (χ0n) is 11.5. The third-order valence-corrected chi connectivity index (χ3v) is 3.63. The molecular formula is C15H8N2O5S. The molecule has 1 aromatic heterocycles. The maximum Gasteiger partial charge on any atom is 0.280 e. The van der Waals surface area contributed by atoms with Crippen molar-refractivity contribution in [3.63, 3.8) is 0 Å². The summed E-state index contributed by atoms with van der Waals surface area (Å²) in [7, 11) is 0. The van der Waals surface area contributed by atoms with Crippen molar-refractivity contribution in [1.29, 1.82) is 0 Å². The van der Waals surface area contributed by atoms with Gasteiger partial charge in [0.15, 0.2) is 0 Å². The molecule has 0 fully saturated rings. The SMILES string of the molecule is O=[N+]([O-])c1ccc([N+](=O)[O-])c(-c2cc(=S)c3ccccc3o2)c1. The lowest BCUT2D eigenvalue weighted by molar-refractivity contribution is -0.388. The van der Waals surface area contributed by atoms with Crippen molar-refractivity contribution in [1.82, 2.24) is 0 Å². The predicted molar refractivity (Wildman–Crippen MR) is 85.8 cm³/mol. The Labute approximate surface area is 134 Å². The van der Waals surface area contributed by atoms with Crippen molar-refractivity contribution < 1.29 is 14.3 Å². The summed E-state index contributed by atoms with van der Waals surface area (Å²) >= 11 is 5.27. The first kappa shape index (κ1) is 14.8. The summed E-state index contributed by atoms with van der Waals surface area (Å²) in [5, 5.41) is 22.8. The number of hydrogen-bond acceptors (Lipinski definition) is 6. The van der Waals surface area contributed by atoms with Gasteiger partial charge >= 0.3 is 0 Å². The van der Waals surface area contributed by atoms with Crippen molar-refractivity contribution in [2.75, 3.05) is 0 Å². The molecule has 0 spiro atoms. The Kier molecular flexibility index (Phi) is 3.59. The van der Waals surface area contributed by atoms with Crippen LogP contribution in [-0.2, 0) is 0 Å². The monoisotopic (exact) mass is 328 g/mol. The number of benzene rings is 2. The molecule has 0 saturated heterocycles. The largest absolute Gasteiger partial charge is 0.456 e. The van der Waals surface area contributed by atoms with Crippen LogP contribution in [0.3, 0.4) is 0 Å². The van der Waals surface area contributed by atoms with E-state index in [4.69, 9.17) is 16.6 Å². The van der Waals surface area contributed by atoms with Gasteiger partial charge in [-0.25, -0.2) is 0 Å². The summed E-state index contributed by atoms with van der Waals surface area (Å²) in [6.45, 7) is 0. The third-order valence-electron chi connectivity index (χ3n) is 3.29. The fraction of sp³-hybridized carbons (Fsp3) is 0. The maximum absolute atomic E-state index is 11.2. The number of nitrogens with zero attached hydrogens (tertiary/aromatic N) is 2. The molecule has 7 nitrogen and oxygen atoms in total. The van der Waals surface area contributed by atoms with Gasteiger partial charge in [-0.05, 0) is 12.1 Å². The van der Waals surface area contributed by atoms with Crippen LogP contribution in [0.5, 0.6) is 0 Å². The van der Waals surface area contributed by atoms with Gasteiger partial charge in [-0.1, -0.05) is 24.4 Å². The minimum atomic E-state index is -0.622. The highest BCUT2D eigenvalue weighted by molar-refractivity contribution is 7.71. The number of para-hydroxylation sites is 1. The normalized spacial score (nSPS) is 10.6. The number of hydrogen-bond donors (Lipinski definition) is 0. The smallest absolute Gasteiger partial charge is 0.280 e. The van der Waals surface area contributed by atoms with E-state index in [0.29, 0.717) is 15.5 Å². The minimum absolute atomic E-state index is 0.0149. The summed E-state index contributed by atoms with van der Waals surface area (Å²) in [4.78, 5) is 20.9. The molecule has 8 heteroatoms. The number of nitro groups is 2. The highest BCUT2D eigenvalue weighted by Crippen LogP contribution is 2.35. The Bertz CT molecular complexity index is 1010. The van der Waals surface area contributed by atoms with Crippen LogP contribution in [0.2, 0.25) is 0 Å². The molecule has 3 rings (SSSR count). The zero-order valence-corrected chi connectivity index (χ0v) is 12.3. The zero-order chi connectivity index (χ0) is 16.6. The molecule has 3 aromatic rings. The standard InChI is InChI=1S/C15H8N2O5S/c18-16(19)9-5-6-12(17(20)21)11(7-9)14-8-15(23)10-3-1-2-4-13(10)22-14/h1-8H. The molecule has 0 N–H and O–H groups in total. The maximum atomic E-state index is 11.2. The van der Waals surface area contributed by atoms with Gasteiger partial charge in [-0.2, -0.15) is 0 Å². The van der Waals surface area contributed by atoms with Crippen molar-refractivity contribution >= 4 is 34.6 Å². The topological polar surface area (TPSA) is 99.4 Å². The van der Waals surface area contributed by atoms with Gasteiger partial charge < -0.3 is 4.42 Å². The van der Waals surface area contributed by atoms with E-state index in [1.165, 1.54) is 6.07 Å². The second kappa shape index (κ2) is 5.58. The summed E-state index contributed by atoms with van der Waals surface area (Å²) in [5.41, 5.74) is -0.0826. The molecule has 0 unspecified atom stereocenters. The van der Waals surface area contributed by atoms with E-state index >= 15 is 0 Å². The van der Waals surface area contributed by atoms with Gasteiger partial charge in [0.2, 0.25) is 0 Å². The lowest BCUT2D eigenvalue weighted by Crippen LogP contribution is -1.95. The molecule has 0 aliphatic carbocycles. The predicted octanol–water partition coefficient (Wildman–Crippen LogP) is 4.65. The molecule has 0 aliphatic rings. The second-order valence-corrected chi connectivity index (χ2v) is 5.13. The molecule has 0 radical (unpaired) electrons.